The smallest absolute Gasteiger partial charge is 0.251 e. The maximum atomic E-state index is 12.3. The van der Waals surface area contributed by atoms with Crippen LogP contribution >= 0.6 is 0 Å². The van der Waals surface area contributed by atoms with E-state index in [0.29, 0.717) is 30.3 Å². The standard InChI is InChI=1S/C15H20N2O3/c1-17-6-2-3-12(10-17)16-15(18)11-4-5-13-14(9-11)20-8-7-19-13/h4-5,9,12H,2-3,6-8,10H2,1H3,(H,16,18)/t12-/m1/s1. The zero-order chi connectivity index (χ0) is 13.9. The number of likely N-dealkylation sites (tertiary alicyclic amines) is 1. The van der Waals surface area contributed by atoms with Crippen molar-refractivity contribution in [1.82, 2.24) is 10.2 Å². The fraction of sp³-hybridized carbons (Fsp3) is 0.533. The van der Waals surface area contributed by atoms with Crippen molar-refractivity contribution in [3.05, 3.63) is 23.8 Å². The summed E-state index contributed by atoms with van der Waals surface area (Å²) < 4.78 is 11.0. The second-order valence-electron chi connectivity index (χ2n) is 5.43. The van der Waals surface area contributed by atoms with Gasteiger partial charge in [0.15, 0.2) is 11.5 Å². The molecule has 1 fully saturated rings. The highest BCUT2D eigenvalue weighted by molar-refractivity contribution is 5.95. The largest absolute Gasteiger partial charge is 0.486 e. The fourth-order valence-electron chi connectivity index (χ4n) is 2.74. The molecule has 2 heterocycles. The molecule has 0 spiro atoms. The molecule has 5 heteroatoms. The summed E-state index contributed by atoms with van der Waals surface area (Å²) in [4.78, 5) is 14.5. The van der Waals surface area contributed by atoms with E-state index in [2.05, 4.69) is 17.3 Å². The summed E-state index contributed by atoms with van der Waals surface area (Å²) in [5.41, 5.74) is 0.627. The number of nitrogens with one attached hydrogen (secondary N) is 1. The number of fused-ring (bicyclic) bond motifs is 1. The van der Waals surface area contributed by atoms with Crippen molar-refractivity contribution in [2.45, 2.75) is 18.9 Å². The Bertz CT molecular complexity index is 504. The van der Waals surface area contributed by atoms with Gasteiger partial charge in [-0.25, -0.2) is 0 Å². The Morgan fingerprint density at radius 3 is 2.90 bits per heavy atom. The van der Waals surface area contributed by atoms with Crippen LogP contribution in [0.25, 0.3) is 0 Å². The van der Waals surface area contributed by atoms with Gasteiger partial charge in [0.25, 0.3) is 5.91 Å². The quantitative estimate of drug-likeness (QED) is 0.884. The SMILES string of the molecule is CN1CCC[C@@H](NC(=O)c2ccc3c(c2)OCCO3)C1. The third-order valence-corrected chi connectivity index (χ3v) is 3.76. The first kappa shape index (κ1) is 13.2. The summed E-state index contributed by atoms with van der Waals surface area (Å²) in [6.07, 6.45) is 2.17. The zero-order valence-corrected chi connectivity index (χ0v) is 11.7. The lowest BCUT2D eigenvalue weighted by Crippen LogP contribution is -2.46. The van der Waals surface area contributed by atoms with E-state index in [9.17, 15) is 4.79 Å². The number of piperidine rings is 1. The third kappa shape index (κ3) is 2.88. The number of benzene rings is 1. The summed E-state index contributed by atoms with van der Waals surface area (Å²) in [5.74, 6) is 1.33. The molecule has 0 radical (unpaired) electrons. The van der Waals surface area contributed by atoms with E-state index in [1.165, 1.54) is 0 Å². The number of carbonyl (C=O) groups excluding carboxylic acids is 1. The predicted octanol–water partition coefficient (Wildman–Crippen LogP) is 1.28. The monoisotopic (exact) mass is 276 g/mol. The molecule has 2 aliphatic rings. The van der Waals surface area contributed by atoms with Crippen molar-refractivity contribution in [1.29, 1.82) is 0 Å². The molecule has 0 saturated carbocycles. The molecule has 0 bridgehead atoms. The van der Waals surface area contributed by atoms with Gasteiger partial charge in [-0.3, -0.25) is 4.79 Å². The van der Waals surface area contributed by atoms with Crippen molar-refractivity contribution >= 4 is 5.91 Å². The van der Waals surface area contributed by atoms with Crippen molar-refractivity contribution in [2.24, 2.45) is 0 Å². The number of ether oxygens (including phenoxy) is 2. The number of likely N-dealkylation sites (N-methyl/N-ethyl adjacent to an activating group) is 1. The first-order valence-electron chi connectivity index (χ1n) is 7.11. The number of nitrogens with zero attached hydrogens (tertiary/aromatic N) is 1. The Labute approximate surface area is 118 Å². The number of amides is 1. The van der Waals surface area contributed by atoms with Crippen molar-refractivity contribution in [3.8, 4) is 11.5 Å². The molecular weight excluding hydrogens is 256 g/mol. The fourth-order valence-corrected chi connectivity index (χ4v) is 2.74. The van der Waals surface area contributed by atoms with Crippen LogP contribution in [0.5, 0.6) is 11.5 Å². The molecule has 1 N–H and O–H groups in total. The van der Waals surface area contributed by atoms with Gasteiger partial charge in [-0.05, 0) is 44.6 Å². The number of carbonyl (C=O) groups is 1. The highest BCUT2D eigenvalue weighted by Gasteiger charge is 2.21. The molecule has 1 aromatic rings. The molecule has 20 heavy (non-hydrogen) atoms. The van der Waals surface area contributed by atoms with Gasteiger partial charge < -0.3 is 19.7 Å². The molecule has 0 aliphatic carbocycles. The van der Waals surface area contributed by atoms with Crippen molar-refractivity contribution in [2.75, 3.05) is 33.4 Å². The van der Waals surface area contributed by atoms with E-state index in [1.807, 2.05) is 0 Å². The molecule has 1 saturated heterocycles. The molecule has 0 unspecified atom stereocenters. The lowest BCUT2D eigenvalue weighted by molar-refractivity contribution is 0.0911. The molecular formula is C15H20N2O3. The van der Waals surface area contributed by atoms with Gasteiger partial charge in [-0.1, -0.05) is 0 Å². The first-order chi connectivity index (χ1) is 9.72. The Hall–Kier alpha value is -1.75. The van der Waals surface area contributed by atoms with Crippen LogP contribution in [-0.4, -0.2) is 50.2 Å². The van der Waals surface area contributed by atoms with Gasteiger partial charge in [0.1, 0.15) is 13.2 Å². The van der Waals surface area contributed by atoms with Crippen LogP contribution in [-0.2, 0) is 0 Å². The summed E-state index contributed by atoms with van der Waals surface area (Å²) in [5, 5.41) is 3.10. The van der Waals surface area contributed by atoms with E-state index in [0.717, 1.165) is 25.9 Å². The number of hydrogen-bond acceptors (Lipinski definition) is 4. The van der Waals surface area contributed by atoms with Crippen LogP contribution in [0.1, 0.15) is 23.2 Å². The molecule has 2 aliphatic heterocycles. The Morgan fingerprint density at radius 1 is 1.30 bits per heavy atom. The molecule has 1 amide bonds. The maximum Gasteiger partial charge on any atom is 0.251 e. The highest BCUT2D eigenvalue weighted by atomic mass is 16.6. The van der Waals surface area contributed by atoms with E-state index in [1.54, 1.807) is 18.2 Å². The normalized spacial score (nSPS) is 22.4. The summed E-state index contributed by atoms with van der Waals surface area (Å²) in [6, 6.07) is 5.58. The van der Waals surface area contributed by atoms with Gasteiger partial charge >= 0.3 is 0 Å². The number of hydrogen-bond donors (Lipinski definition) is 1. The summed E-state index contributed by atoms with van der Waals surface area (Å²) >= 11 is 0. The maximum absolute atomic E-state index is 12.3. The van der Waals surface area contributed by atoms with Crippen LogP contribution in [0.3, 0.4) is 0 Å². The van der Waals surface area contributed by atoms with Crippen LogP contribution in [0, 0.1) is 0 Å². The average Bonchev–Trinajstić information content (AvgIpc) is 2.47. The van der Waals surface area contributed by atoms with E-state index in [4.69, 9.17) is 9.47 Å². The Kier molecular flexibility index (Phi) is 3.78. The second kappa shape index (κ2) is 5.71. The van der Waals surface area contributed by atoms with Gasteiger partial charge in [-0.15, -0.1) is 0 Å². The Balaban J connectivity index is 1.67. The minimum absolute atomic E-state index is 0.0396. The topological polar surface area (TPSA) is 50.8 Å². The Morgan fingerprint density at radius 2 is 2.10 bits per heavy atom. The van der Waals surface area contributed by atoms with Crippen LogP contribution < -0.4 is 14.8 Å². The van der Waals surface area contributed by atoms with Gasteiger partial charge in [-0.2, -0.15) is 0 Å². The van der Waals surface area contributed by atoms with Crippen molar-refractivity contribution < 1.29 is 14.3 Å². The van der Waals surface area contributed by atoms with Gasteiger partial charge in [0.2, 0.25) is 0 Å². The predicted molar refractivity (Wildman–Crippen MR) is 75.4 cm³/mol. The summed E-state index contributed by atoms with van der Waals surface area (Å²) in [7, 11) is 2.09. The van der Waals surface area contributed by atoms with E-state index >= 15 is 0 Å². The highest BCUT2D eigenvalue weighted by Crippen LogP contribution is 2.30. The molecule has 0 aromatic heterocycles. The minimum atomic E-state index is -0.0396. The molecule has 5 nitrogen and oxygen atoms in total. The minimum Gasteiger partial charge on any atom is -0.486 e. The average molecular weight is 276 g/mol. The first-order valence-corrected chi connectivity index (χ1v) is 7.11. The van der Waals surface area contributed by atoms with Crippen LogP contribution in [0.2, 0.25) is 0 Å². The molecule has 1 atom stereocenters. The van der Waals surface area contributed by atoms with Gasteiger partial charge in [0, 0.05) is 18.2 Å². The second-order valence-corrected chi connectivity index (χ2v) is 5.43. The lowest BCUT2D eigenvalue weighted by Gasteiger charge is -2.30. The molecule has 3 rings (SSSR count). The molecule has 1 aromatic carbocycles. The molecule has 108 valence electrons. The van der Waals surface area contributed by atoms with E-state index < -0.39 is 0 Å². The van der Waals surface area contributed by atoms with Crippen LogP contribution in [0.4, 0.5) is 0 Å². The lowest BCUT2D eigenvalue weighted by atomic mass is 10.1. The number of rotatable bonds is 2. The van der Waals surface area contributed by atoms with Crippen molar-refractivity contribution in [3.63, 3.8) is 0 Å². The zero-order valence-electron chi connectivity index (χ0n) is 11.7. The third-order valence-electron chi connectivity index (χ3n) is 3.76. The van der Waals surface area contributed by atoms with Gasteiger partial charge in [0.05, 0.1) is 0 Å². The van der Waals surface area contributed by atoms with E-state index in [-0.39, 0.29) is 11.9 Å². The van der Waals surface area contributed by atoms with Crippen LogP contribution in [0.15, 0.2) is 18.2 Å². The summed E-state index contributed by atoms with van der Waals surface area (Å²) in [6.45, 7) is 3.12.